The first-order chi connectivity index (χ1) is 8.17. The number of rotatable bonds is 1. The van der Waals surface area contributed by atoms with Crippen LogP contribution in [0.25, 0.3) is 10.2 Å². The Balaban J connectivity index is 2.05. The van der Waals surface area contributed by atoms with Crippen LogP contribution < -0.4 is 5.73 Å². The minimum absolute atomic E-state index is 0.302. The molecule has 17 heavy (non-hydrogen) atoms. The van der Waals surface area contributed by atoms with Crippen molar-refractivity contribution >= 4 is 27.2 Å². The lowest BCUT2D eigenvalue weighted by molar-refractivity contribution is 0.319. The second-order valence-corrected chi connectivity index (χ2v) is 6.40. The fourth-order valence-electron chi connectivity index (χ4n) is 2.75. The third-order valence-electron chi connectivity index (χ3n) is 3.89. The Morgan fingerprint density at radius 1 is 1.24 bits per heavy atom. The summed E-state index contributed by atoms with van der Waals surface area (Å²) in [6, 6.07) is 6.02. The van der Waals surface area contributed by atoms with Gasteiger partial charge in [0.05, 0.1) is 15.2 Å². The Morgan fingerprint density at radius 3 is 2.76 bits per heavy atom. The van der Waals surface area contributed by atoms with Crippen molar-refractivity contribution in [3.63, 3.8) is 0 Å². The van der Waals surface area contributed by atoms with Crippen molar-refractivity contribution in [2.75, 3.05) is 5.73 Å². The molecule has 3 heteroatoms. The van der Waals surface area contributed by atoms with Crippen LogP contribution in [0.4, 0.5) is 5.69 Å². The number of hydrogen-bond acceptors (Lipinski definition) is 3. The summed E-state index contributed by atoms with van der Waals surface area (Å²) in [7, 11) is 0. The lowest BCUT2D eigenvalue weighted by atomic mass is 9.76. The molecule has 1 saturated carbocycles. The van der Waals surface area contributed by atoms with Crippen molar-refractivity contribution in [1.29, 1.82) is 0 Å². The third kappa shape index (κ3) is 1.93. The molecule has 1 fully saturated rings. The zero-order valence-corrected chi connectivity index (χ0v) is 11.0. The minimum Gasteiger partial charge on any atom is -0.399 e. The summed E-state index contributed by atoms with van der Waals surface area (Å²) >= 11 is 1.83. The van der Waals surface area contributed by atoms with Crippen LogP contribution in [0.15, 0.2) is 18.2 Å². The molecule has 0 atom stereocenters. The first-order valence-corrected chi connectivity index (χ1v) is 7.16. The Bertz CT molecular complexity index is 538. The molecular formula is C14H18N2S. The number of nitrogen functional groups attached to an aromatic ring is 1. The van der Waals surface area contributed by atoms with E-state index < -0.39 is 0 Å². The van der Waals surface area contributed by atoms with Crippen LogP contribution in [0.5, 0.6) is 0 Å². The van der Waals surface area contributed by atoms with E-state index in [0.29, 0.717) is 5.41 Å². The van der Waals surface area contributed by atoms with E-state index in [0.717, 1.165) is 11.2 Å². The molecule has 2 aromatic rings. The highest BCUT2D eigenvalue weighted by Crippen LogP contribution is 2.42. The van der Waals surface area contributed by atoms with Gasteiger partial charge >= 0.3 is 0 Å². The lowest BCUT2D eigenvalue weighted by Crippen LogP contribution is -2.24. The van der Waals surface area contributed by atoms with Gasteiger partial charge in [-0.15, -0.1) is 11.3 Å². The molecule has 0 bridgehead atoms. The van der Waals surface area contributed by atoms with Gasteiger partial charge in [-0.3, -0.25) is 0 Å². The molecule has 1 aliphatic rings. The van der Waals surface area contributed by atoms with Crippen molar-refractivity contribution in [1.82, 2.24) is 4.98 Å². The van der Waals surface area contributed by atoms with Crippen molar-refractivity contribution in [3.05, 3.63) is 23.2 Å². The number of hydrogen-bond donors (Lipinski definition) is 1. The second kappa shape index (κ2) is 3.98. The molecule has 2 N–H and O–H groups in total. The standard InChI is InChI=1S/C14H18N2S/c1-14(7-3-2-4-8-14)13-16-11-6-5-10(15)9-12(11)17-13/h5-6,9H,2-4,7-8,15H2,1H3. The highest BCUT2D eigenvalue weighted by Gasteiger charge is 2.31. The molecule has 1 aromatic heterocycles. The second-order valence-electron chi connectivity index (χ2n) is 5.37. The van der Waals surface area contributed by atoms with Crippen molar-refractivity contribution in [2.24, 2.45) is 0 Å². The summed E-state index contributed by atoms with van der Waals surface area (Å²) in [5.74, 6) is 0. The topological polar surface area (TPSA) is 38.9 Å². The monoisotopic (exact) mass is 246 g/mol. The molecule has 1 aliphatic carbocycles. The average Bonchev–Trinajstić information content (AvgIpc) is 2.73. The number of thiazole rings is 1. The Labute approximate surface area is 106 Å². The van der Waals surface area contributed by atoms with Crippen LogP contribution in [0, 0.1) is 0 Å². The molecule has 0 unspecified atom stereocenters. The Kier molecular flexibility index (Phi) is 2.58. The van der Waals surface area contributed by atoms with E-state index >= 15 is 0 Å². The molecule has 90 valence electrons. The fraction of sp³-hybridized carbons (Fsp3) is 0.500. The fourth-order valence-corrected chi connectivity index (χ4v) is 3.96. The molecule has 0 amide bonds. The summed E-state index contributed by atoms with van der Waals surface area (Å²) in [5.41, 5.74) is 8.06. The van der Waals surface area contributed by atoms with E-state index in [1.54, 1.807) is 0 Å². The zero-order valence-electron chi connectivity index (χ0n) is 10.2. The normalized spacial score (nSPS) is 19.6. The molecule has 1 heterocycles. The molecule has 1 aromatic carbocycles. The predicted molar refractivity (Wildman–Crippen MR) is 74.5 cm³/mol. The van der Waals surface area contributed by atoms with E-state index in [-0.39, 0.29) is 0 Å². The van der Waals surface area contributed by atoms with Gasteiger partial charge in [0.1, 0.15) is 0 Å². The SMILES string of the molecule is CC1(c2nc3ccc(N)cc3s2)CCCCC1. The van der Waals surface area contributed by atoms with Crippen LogP contribution >= 0.6 is 11.3 Å². The van der Waals surface area contributed by atoms with Gasteiger partial charge in [-0.1, -0.05) is 26.2 Å². The average molecular weight is 246 g/mol. The van der Waals surface area contributed by atoms with Crippen LogP contribution in [0.2, 0.25) is 0 Å². The maximum absolute atomic E-state index is 5.82. The van der Waals surface area contributed by atoms with Gasteiger partial charge in [0.15, 0.2) is 0 Å². The number of fused-ring (bicyclic) bond motifs is 1. The van der Waals surface area contributed by atoms with Gasteiger partial charge in [0, 0.05) is 11.1 Å². The number of aromatic nitrogens is 1. The smallest absolute Gasteiger partial charge is 0.0997 e. The van der Waals surface area contributed by atoms with E-state index in [9.17, 15) is 0 Å². The highest BCUT2D eigenvalue weighted by molar-refractivity contribution is 7.18. The van der Waals surface area contributed by atoms with E-state index in [1.807, 2.05) is 29.5 Å². The number of nitrogens with zero attached hydrogens (tertiary/aromatic N) is 1. The molecular weight excluding hydrogens is 228 g/mol. The summed E-state index contributed by atoms with van der Waals surface area (Å²) in [6.07, 6.45) is 6.63. The summed E-state index contributed by atoms with van der Waals surface area (Å²) in [6.45, 7) is 2.37. The van der Waals surface area contributed by atoms with Crippen molar-refractivity contribution < 1.29 is 0 Å². The first kappa shape index (κ1) is 11.0. The van der Waals surface area contributed by atoms with Gasteiger partial charge < -0.3 is 5.73 Å². The maximum atomic E-state index is 5.82. The van der Waals surface area contributed by atoms with Crippen molar-refractivity contribution in [3.8, 4) is 0 Å². The highest BCUT2D eigenvalue weighted by atomic mass is 32.1. The summed E-state index contributed by atoms with van der Waals surface area (Å²) in [4.78, 5) is 4.81. The quantitative estimate of drug-likeness (QED) is 0.769. The zero-order chi connectivity index (χ0) is 11.9. The van der Waals surface area contributed by atoms with Gasteiger partial charge in [0.2, 0.25) is 0 Å². The summed E-state index contributed by atoms with van der Waals surface area (Å²) < 4.78 is 1.23. The van der Waals surface area contributed by atoms with E-state index in [1.165, 1.54) is 41.8 Å². The molecule has 3 rings (SSSR count). The number of nitrogens with two attached hydrogens (primary N) is 1. The third-order valence-corrected chi connectivity index (χ3v) is 5.21. The van der Waals surface area contributed by atoms with E-state index in [2.05, 4.69) is 6.92 Å². The predicted octanol–water partition coefficient (Wildman–Crippen LogP) is 4.10. The lowest BCUT2D eigenvalue weighted by Gasteiger charge is -2.31. The molecule has 0 spiro atoms. The largest absolute Gasteiger partial charge is 0.399 e. The van der Waals surface area contributed by atoms with Crippen molar-refractivity contribution in [2.45, 2.75) is 44.4 Å². The first-order valence-electron chi connectivity index (χ1n) is 6.34. The van der Waals surface area contributed by atoms with Gasteiger partial charge in [-0.25, -0.2) is 4.98 Å². The molecule has 0 radical (unpaired) electrons. The molecule has 2 nitrogen and oxygen atoms in total. The van der Waals surface area contributed by atoms with Gasteiger partial charge in [0.25, 0.3) is 0 Å². The van der Waals surface area contributed by atoms with Crippen LogP contribution in [-0.4, -0.2) is 4.98 Å². The van der Waals surface area contributed by atoms with Gasteiger partial charge in [-0.05, 0) is 31.0 Å². The summed E-state index contributed by atoms with van der Waals surface area (Å²) in [5, 5.41) is 1.30. The maximum Gasteiger partial charge on any atom is 0.0997 e. The number of benzene rings is 1. The van der Waals surface area contributed by atoms with Crippen LogP contribution in [0.3, 0.4) is 0 Å². The van der Waals surface area contributed by atoms with Crippen LogP contribution in [0.1, 0.15) is 44.0 Å². The minimum atomic E-state index is 0.302. The molecule has 0 saturated heterocycles. The van der Waals surface area contributed by atoms with E-state index in [4.69, 9.17) is 10.7 Å². The molecule has 0 aliphatic heterocycles. The Hall–Kier alpha value is -1.09. The Morgan fingerprint density at radius 2 is 2.00 bits per heavy atom. The number of anilines is 1. The van der Waals surface area contributed by atoms with Crippen LogP contribution in [-0.2, 0) is 5.41 Å². The van der Waals surface area contributed by atoms with Gasteiger partial charge in [-0.2, -0.15) is 0 Å².